The molecule has 0 aromatic heterocycles. The van der Waals surface area contributed by atoms with Gasteiger partial charge in [0, 0.05) is 0 Å². The summed E-state index contributed by atoms with van der Waals surface area (Å²) in [5.74, 6) is 0. The van der Waals surface area contributed by atoms with Crippen LogP contribution >= 0.6 is 0 Å². The van der Waals surface area contributed by atoms with Crippen LogP contribution in [0.5, 0.6) is 0 Å². The van der Waals surface area contributed by atoms with Crippen molar-refractivity contribution in [1.29, 1.82) is 0 Å². The summed E-state index contributed by atoms with van der Waals surface area (Å²) in [6.45, 7) is 4.06. The maximum absolute atomic E-state index is 11.1. The molecule has 0 radical (unpaired) electrons. The van der Waals surface area contributed by atoms with Crippen LogP contribution in [0.1, 0.15) is 78.1 Å². The van der Waals surface area contributed by atoms with Crippen LogP contribution in [0.3, 0.4) is 0 Å². The summed E-state index contributed by atoms with van der Waals surface area (Å²) < 4.78 is 31.4. The lowest BCUT2D eigenvalue weighted by Crippen LogP contribution is -2.22. The summed E-state index contributed by atoms with van der Waals surface area (Å²) in [5.41, 5.74) is 0. The maximum Gasteiger partial charge on any atom is 0.267 e. The third-order valence-corrected chi connectivity index (χ3v) is 4.81. The standard InChI is InChI=1S/C14H30O4S/c1-3-5-6-7-8-10-13(15)11-12-14(9-4-2)19(16,17)18/h13-15H,3-12H2,1-2H3,(H,16,17,18). The van der Waals surface area contributed by atoms with Gasteiger partial charge < -0.3 is 5.11 Å². The molecule has 0 saturated heterocycles. The van der Waals surface area contributed by atoms with Crippen LogP contribution in [0.25, 0.3) is 0 Å². The van der Waals surface area contributed by atoms with E-state index in [2.05, 4.69) is 6.92 Å². The van der Waals surface area contributed by atoms with Crippen molar-refractivity contribution < 1.29 is 18.1 Å². The van der Waals surface area contributed by atoms with Crippen LogP contribution in [0.15, 0.2) is 0 Å². The second kappa shape index (κ2) is 10.6. The van der Waals surface area contributed by atoms with Crippen LogP contribution in [-0.4, -0.2) is 29.4 Å². The van der Waals surface area contributed by atoms with Gasteiger partial charge in [0.05, 0.1) is 11.4 Å². The first kappa shape index (κ1) is 18.9. The second-order valence-electron chi connectivity index (χ2n) is 5.36. The van der Waals surface area contributed by atoms with Crippen molar-refractivity contribution in [3.8, 4) is 0 Å². The Morgan fingerprint density at radius 3 is 2.00 bits per heavy atom. The van der Waals surface area contributed by atoms with Crippen LogP contribution < -0.4 is 0 Å². The van der Waals surface area contributed by atoms with Crippen molar-refractivity contribution >= 4 is 10.1 Å². The summed E-state index contributed by atoms with van der Waals surface area (Å²) in [5, 5.41) is 9.10. The summed E-state index contributed by atoms with van der Waals surface area (Å²) in [4.78, 5) is 0. The Labute approximate surface area is 118 Å². The Balaban J connectivity index is 3.83. The van der Waals surface area contributed by atoms with Gasteiger partial charge in [-0.25, -0.2) is 0 Å². The third-order valence-electron chi connectivity index (χ3n) is 3.49. The van der Waals surface area contributed by atoms with Gasteiger partial charge in [-0.1, -0.05) is 52.4 Å². The van der Waals surface area contributed by atoms with Crippen molar-refractivity contribution in [2.75, 3.05) is 0 Å². The lowest BCUT2D eigenvalue weighted by atomic mass is 10.0. The molecule has 2 unspecified atom stereocenters. The van der Waals surface area contributed by atoms with Gasteiger partial charge in [-0.15, -0.1) is 0 Å². The topological polar surface area (TPSA) is 74.6 Å². The lowest BCUT2D eigenvalue weighted by molar-refractivity contribution is 0.147. The highest BCUT2D eigenvalue weighted by molar-refractivity contribution is 7.86. The first-order valence-corrected chi connectivity index (χ1v) is 9.06. The SMILES string of the molecule is CCCCCCCC(O)CCC(CCC)S(=O)(=O)O. The van der Waals surface area contributed by atoms with Crippen LogP contribution in [0, 0.1) is 0 Å². The molecule has 4 nitrogen and oxygen atoms in total. The minimum atomic E-state index is -3.97. The molecule has 0 aromatic rings. The molecule has 0 amide bonds. The van der Waals surface area contributed by atoms with Crippen LogP contribution in [-0.2, 0) is 10.1 Å². The first-order chi connectivity index (χ1) is 8.91. The number of unbranched alkanes of at least 4 members (excludes halogenated alkanes) is 4. The normalized spacial score (nSPS) is 15.4. The molecule has 5 heteroatoms. The van der Waals surface area contributed by atoms with E-state index in [0.29, 0.717) is 19.3 Å². The Morgan fingerprint density at radius 1 is 0.842 bits per heavy atom. The molecule has 0 spiro atoms. The fraction of sp³-hybridized carbons (Fsp3) is 1.00. The monoisotopic (exact) mass is 294 g/mol. The highest BCUT2D eigenvalue weighted by Gasteiger charge is 2.22. The zero-order valence-electron chi connectivity index (χ0n) is 12.3. The van der Waals surface area contributed by atoms with E-state index in [4.69, 9.17) is 4.55 Å². The minimum absolute atomic E-state index is 0.350. The van der Waals surface area contributed by atoms with Gasteiger partial charge in [0.15, 0.2) is 0 Å². The number of rotatable bonds is 12. The fourth-order valence-electron chi connectivity index (χ4n) is 2.27. The molecule has 0 aliphatic rings. The molecule has 2 atom stereocenters. The van der Waals surface area contributed by atoms with Gasteiger partial charge in [-0.05, 0) is 25.7 Å². The van der Waals surface area contributed by atoms with Crippen LogP contribution in [0.4, 0.5) is 0 Å². The summed E-state index contributed by atoms with van der Waals surface area (Å²) >= 11 is 0. The Kier molecular flexibility index (Phi) is 10.6. The number of aliphatic hydroxyl groups excluding tert-OH is 1. The minimum Gasteiger partial charge on any atom is -0.393 e. The molecule has 0 bridgehead atoms. The van der Waals surface area contributed by atoms with Gasteiger partial charge in [0.1, 0.15) is 0 Å². The second-order valence-corrected chi connectivity index (χ2v) is 7.06. The van der Waals surface area contributed by atoms with Crippen molar-refractivity contribution in [3.05, 3.63) is 0 Å². The van der Waals surface area contributed by atoms with Crippen molar-refractivity contribution in [3.63, 3.8) is 0 Å². The van der Waals surface area contributed by atoms with E-state index < -0.39 is 21.5 Å². The summed E-state index contributed by atoms with van der Waals surface area (Å²) in [6.07, 6.45) is 8.03. The average molecular weight is 294 g/mol. The highest BCUT2D eigenvalue weighted by atomic mass is 32.2. The van der Waals surface area contributed by atoms with E-state index in [9.17, 15) is 13.5 Å². The van der Waals surface area contributed by atoms with E-state index in [0.717, 1.165) is 25.7 Å². The zero-order chi connectivity index (χ0) is 14.7. The molecular weight excluding hydrogens is 264 g/mol. The van der Waals surface area contributed by atoms with Crippen molar-refractivity contribution in [2.24, 2.45) is 0 Å². The summed E-state index contributed by atoms with van der Waals surface area (Å²) in [7, 11) is -3.97. The van der Waals surface area contributed by atoms with Gasteiger partial charge >= 0.3 is 0 Å². The summed E-state index contributed by atoms with van der Waals surface area (Å²) in [6, 6.07) is 0. The highest BCUT2D eigenvalue weighted by Crippen LogP contribution is 2.17. The Hall–Kier alpha value is -0.130. The molecule has 19 heavy (non-hydrogen) atoms. The van der Waals surface area contributed by atoms with E-state index in [1.807, 2.05) is 6.92 Å². The largest absolute Gasteiger partial charge is 0.393 e. The molecule has 0 aliphatic heterocycles. The quantitative estimate of drug-likeness (QED) is 0.426. The molecule has 0 saturated carbocycles. The molecule has 0 aliphatic carbocycles. The number of aliphatic hydroxyl groups is 1. The molecule has 2 N–H and O–H groups in total. The molecule has 0 aromatic carbocycles. The van der Waals surface area contributed by atoms with E-state index in [1.165, 1.54) is 19.3 Å². The lowest BCUT2D eigenvalue weighted by Gasteiger charge is -2.15. The van der Waals surface area contributed by atoms with Crippen LogP contribution in [0.2, 0.25) is 0 Å². The van der Waals surface area contributed by atoms with Gasteiger partial charge in [-0.2, -0.15) is 8.42 Å². The van der Waals surface area contributed by atoms with Gasteiger partial charge in [-0.3, -0.25) is 4.55 Å². The van der Waals surface area contributed by atoms with Crippen molar-refractivity contribution in [1.82, 2.24) is 0 Å². The molecule has 0 fully saturated rings. The van der Waals surface area contributed by atoms with Gasteiger partial charge in [0.25, 0.3) is 10.1 Å². The molecule has 0 heterocycles. The molecular formula is C14H30O4S. The predicted molar refractivity (Wildman–Crippen MR) is 78.9 cm³/mol. The number of hydrogen-bond donors (Lipinski definition) is 2. The third kappa shape index (κ3) is 10.3. The Bertz CT molecular complexity index is 301. The van der Waals surface area contributed by atoms with E-state index in [-0.39, 0.29) is 0 Å². The maximum atomic E-state index is 11.1. The first-order valence-electron chi connectivity index (χ1n) is 7.56. The smallest absolute Gasteiger partial charge is 0.267 e. The molecule has 116 valence electrons. The van der Waals surface area contributed by atoms with E-state index >= 15 is 0 Å². The predicted octanol–water partition coefficient (Wildman–Crippen LogP) is 3.54. The fourth-order valence-corrected chi connectivity index (χ4v) is 3.24. The van der Waals surface area contributed by atoms with Gasteiger partial charge in [0.2, 0.25) is 0 Å². The van der Waals surface area contributed by atoms with E-state index in [1.54, 1.807) is 0 Å². The number of hydrogen-bond acceptors (Lipinski definition) is 3. The zero-order valence-corrected chi connectivity index (χ0v) is 13.2. The Morgan fingerprint density at radius 2 is 1.47 bits per heavy atom. The van der Waals surface area contributed by atoms with Crippen molar-refractivity contribution in [2.45, 2.75) is 89.4 Å². The molecule has 0 rings (SSSR count). The average Bonchev–Trinajstić information content (AvgIpc) is 2.32.